The van der Waals surface area contributed by atoms with Gasteiger partial charge in [-0.15, -0.1) is 0 Å². The van der Waals surface area contributed by atoms with E-state index in [1.165, 1.54) is 0 Å². The van der Waals surface area contributed by atoms with Gasteiger partial charge >= 0.3 is 12.1 Å². The van der Waals surface area contributed by atoms with Crippen LogP contribution in [0.1, 0.15) is 19.3 Å². The molecule has 0 bridgehead atoms. The Morgan fingerprint density at radius 3 is 2.20 bits per heavy atom. The molecule has 2 rings (SSSR count). The van der Waals surface area contributed by atoms with Crippen molar-refractivity contribution in [3.63, 3.8) is 0 Å². The van der Waals surface area contributed by atoms with Crippen molar-refractivity contribution >= 4 is 16.0 Å². The molecule has 0 aromatic heterocycles. The van der Waals surface area contributed by atoms with Gasteiger partial charge in [-0.2, -0.15) is 13.2 Å². The van der Waals surface area contributed by atoms with Crippen LogP contribution in [-0.2, 0) is 14.8 Å². The van der Waals surface area contributed by atoms with Crippen molar-refractivity contribution in [3.8, 4) is 0 Å². The molecule has 0 radical (unpaired) electrons. The van der Waals surface area contributed by atoms with E-state index >= 15 is 0 Å². The molecule has 2 fully saturated rings. The molecule has 9 heteroatoms. The second kappa shape index (κ2) is 5.18. The SMILES string of the molecule is O=C(O)[C@@H]1CN(S(=O)(=O)CC2CCC2)C[C@H]1C(F)(F)F. The van der Waals surface area contributed by atoms with E-state index in [-0.39, 0.29) is 11.7 Å². The number of rotatable bonds is 4. The van der Waals surface area contributed by atoms with Crippen LogP contribution in [0, 0.1) is 17.8 Å². The summed E-state index contributed by atoms with van der Waals surface area (Å²) in [6.45, 7) is -1.37. The predicted molar refractivity (Wildman–Crippen MR) is 63.4 cm³/mol. The molecule has 1 saturated heterocycles. The van der Waals surface area contributed by atoms with Crippen molar-refractivity contribution in [2.24, 2.45) is 17.8 Å². The Bertz CT molecular complexity index is 486. The first-order valence-corrected chi connectivity index (χ1v) is 7.99. The van der Waals surface area contributed by atoms with Crippen molar-refractivity contribution in [1.29, 1.82) is 0 Å². The molecular formula is C11H16F3NO4S. The number of sulfonamides is 1. The number of alkyl halides is 3. The van der Waals surface area contributed by atoms with Gasteiger partial charge in [0.15, 0.2) is 0 Å². The highest BCUT2D eigenvalue weighted by molar-refractivity contribution is 7.89. The zero-order chi connectivity index (χ0) is 15.1. The first-order valence-electron chi connectivity index (χ1n) is 6.38. The third kappa shape index (κ3) is 3.08. The Labute approximate surface area is 114 Å². The van der Waals surface area contributed by atoms with E-state index in [0.29, 0.717) is 4.31 Å². The number of hydrogen-bond acceptors (Lipinski definition) is 3. The lowest BCUT2D eigenvalue weighted by Crippen LogP contribution is -2.36. The van der Waals surface area contributed by atoms with Gasteiger partial charge < -0.3 is 5.11 Å². The fourth-order valence-corrected chi connectivity index (χ4v) is 4.55. The van der Waals surface area contributed by atoms with E-state index in [2.05, 4.69) is 0 Å². The molecule has 1 heterocycles. The number of carboxylic acid groups (broad SMARTS) is 1. The summed E-state index contributed by atoms with van der Waals surface area (Å²) in [6.07, 6.45) is -2.25. The van der Waals surface area contributed by atoms with Crippen LogP contribution in [-0.4, -0.2) is 48.8 Å². The number of carbonyl (C=O) groups is 1. The van der Waals surface area contributed by atoms with Gasteiger partial charge in [-0.3, -0.25) is 4.79 Å². The maximum Gasteiger partial charge on any atom is 0.393 e. The largest absolute Gasteiger partial charge is 0.481 e. The first kappa shape index (κ1) is 15.6. The lowest BCUT2D eigenvalue weighted by molar-refractivity contribution is -0.187. The maximum absolute atomic E-state index is 12.8. The summed E-state index contributed by atoms with van der Waals surface area (Å²) in [5.41, 5.74) is 0. The Hall–Kier alpha value is -0.830. The van der Waals surface area contributed by atoms with Gasteiger partial charge in [0.25, 0.3) is 0 Å². The molecule has 0 aromatic carbocycles. The highest BCUT2D eigenvalue weighted by Crippen LogP contribution is 2.39. The minimum atomic E-state index is -4.70. The number of carboxylic acids is 1. The quantitative estimate of drug-likeness (QED) is 0.849. The van der Waals surface area contributed by atoms with Gasteiger partial charge in [0.05, 0.1) is 17.6 Å². The highest BCUT2D eigenvalue weighted by Gasteiger charge is 2.54. The average Bonchev–Trinajstić information content (AvgIpc) is 2.68. The Kier molecular flexibility index (Phi) is 4.03. The zero-order valence-corrected chi connectivity index (χ0v) is 11.5. The summed E-state index contributed by atoms with van der Waals surface area (Å²) >= 11 is 0. The molecule has 2 aliphatic rings. The van der Waals surface area contributed by atoms with Crippen molar-refractivity contribution < 1.29 is 31.5 Å². The van der Waals surface area contributed by atoms with Crippen LogP contribution >= 0.6 is 0 Å². The number of nitrogens with zero attached hydrogens (tertiary/aromatic N) is 1. The van der Waals surface area contributed by atoms with Crippen LogP contribution < -0.4 is 0 Å². The fraction of sp³-hybridized carbons (Fsp3) is 0.909. The van der Waals surface area contributed by atoms with Gasteiger partial charge in [0, 0.05) is 13.1 Å². The van der Waals surface area contributed by atoms with Gasteiger partial charge in [0.1, 0.15) is 0 Å². The molecule has 0 unspecified atom stereocenters. The molecular weight excluding hydrogens is 299 g/mol. The van der Waals surface area contributed by atoms with E-state index < -0.39 is 47.1 Å². The topological polar surface area (TPSA) is 74.7 Å². The summed E-state index contributed by atoms with van der Waals surface area (Å²) in [5.74, 6) is -5.63. The Morgan fingerprint density at radius 2 is 1.85 bits per heavy atom. The molecule has 1 N–H and O–H groups in total. The second-order valence-electron chi connectivity index (χ2n) is 5.49. The van der Waals surface area contributed by atoms with E-state index in [0.717, 1.165) is 19.3 Å². The van der Waals surface area contributed by atoms with E-state index in [4.69, 9.17) is 5.11 Å². The van der Waals surface area contributed by atoms with E-state index in [9.17, 15) is 26.4 Å². The molecule has 116 valence electrons. The van der Waals surface area contributed by atoms with Crippen molar-refractivity contribution in [2.75, 3.05) is 18.8 Å². The van der Waals surface area contributed by atoms with Crippen LogP contribution in [0.2, 0.25) is 0 Å². The van der Waals surface area contributed by atoms with Gasteiger partial charge in [-0.1, -0.05) is 6.42 Å². The summed E-state index contributed by atoms with van der Waals surface area (Å²) in [5, 5.41) is 8.85. The lowest BCUT2D eigenvalue weighted by atomic mass is 9.87. The predicted octanol–water partition coefficient (Wildman–Crippen LogP) is 1.31. The minimum Gasteiger partial charge on any atom is -0.481 e. The molecule has 1 aliphatic carbocycles. The monoisotopic (exact) mass is 315 g/mol. The summed E-state index contributed by atoms with van der Waals surface area (Å²) in [7, 11) is -3.81. The third-order valence-corrected chi connectivity index (χ3v) is 6.07. The van der Waals surface area contributed by atoms with Crippen LogP contribution in [0.15, 0.2) is 0 Å². The van der Waals surface area contributed by atoms with Gasteiger partial charge in [-0.25, -0.2) is 12.7 Å². The summed E-state index contributed by atoms with van der Waals surface area (Å²) in [6, 6.07) is 0. The van der Waals surface area contributed by atoms with Crippen LogP contribution in [0.25, 0.3) is 0 Å². The van der Waals surface area contributed by atoms with Crippen LogP contribution in [0.3, 0.4) is 0 Å². The molecule has 0 aromatic rings. The fourth-order valence-electron chi connectivity index (χ4n) is 2.64. The number of hydrogen-bond donors (Lipinski definition) is 1. The molecule has 1 saturated carbocycles. The number of halogens is 3. The Balaban J connectivity index is 2.12. The maximum atomic E-state index is 12.8. The molecule has 0 amide bonds. The zero-order valence-electron chi connectivity index (χ0n) is 10.6. The van der Waals surface area contributed by atoms with Gasteiger partial charge in [-0.05, 0) is 18.8 Å². The summed E-state index contributed by atoms with van der Waals surface area (Å²) < 4.78 is 63.1. The molecule has 1 aliphatic heterocycles. The van der Waals surface area contributed by atoms with Crippen molar-refractivity contribution in [1.82, 2.24) is 4.31 Å². The molecule has 20 heavy (non-hydrogen) atoms. The smallest absolute Gasteiger partial charge is 0.393 e. The molecule has 2 atom stereocenters. The second-order valence-corrected chi connectivity index (χ2v) is 7.50. The van der Waals surface area contributed by atoms with Crippen molar-refractivity contribution in [3.05, 3.63) is 0 Å². The van der Waals surface area contributed by atoms with E-state index in [1.807, 2.05) is 0 Å². The standard InChI is InChI=1S/C11H16F3NO4S/c12-11(13,14)9-5-15(4-8(9)10(16)17)20(18,19)6-7-2-1-3-7/h7-9H,1-6H2,(H,16,17)/t8-,9-/m1/s1. The van der Waals surface area contributed by atoms with E-state index in [1.54, 1.807) is 0 Å². The van der Waals surface area contributed by atoms with Crippen LogP contribution in [0.4, 0.5) is 13.2 Å². The Morgan fingerprint density at radius 1 is 1.25 bits per heavy atom. The van der Waals surface area contributed by atoms with Crippen molar-refractivity contribution in [2.45, 2.75) is 25.4 Å². The first-order chi connectivity index (χ1) is 9.11. The highest BCUT2D eigenvalue weighted by atomic mass is 32.2. The third-order valence-electron chi connectivity index (χ3n) is 4.09. The lowest BCUT2D eigenvalue weighted by Gasteiger charge is -2.27. The molecule has 5 nitrogen and oxygen atoms in total. The number of aliphatic carboxylic acids is 1. The van der Waals surface area contributed by atoms with Crippen LogP contribution in [0.5, 0.6) is 0 Å². The minimum absolute atomic E-state index is 0.00628. The normalized spacial score (nSPS) is 29.4. The average molecular weight is 315 g/mol. The van der Waals surface area contributed by atoms with Gasteiger partial charge in [0.2, 0.25) is 10.0 Å². The summed E-state index contributed by atoms with van der Waals surface area (Å²) in [4.78, 5) is 10.9. The molecule has 0 spiro atoms.